The number of carbonyl (C=O) groups is 2. The zero-order valence-electron chi connectivity index (χ0n) is 22.1. The predicted molar refractivity (Wildman–Crippen MR) is 133 cm³/mol. The lowest BCUT2D eigenvalue weighted by Crippen LogP contribution is -2.55. The zero-order chi connectivity index (χ0) is 24.9. The van der Waals surface area contributed by atoms with Crippen LogP contribution in [0.25, 0.3) is 0 Å². The maximum atomic E-state index is 12.8. The number of esters is 1. The number of ketones is 1. The molecule has 5 aliphatic rings. The third-order valence-corrected chi connectivity index (χ3v) is 11.6. The van der Waals surface area contributed by atoms with Crippen molar-refractivity contribution >= 4 is 11.8 Å². The van der Waals surface area contributed by atoms with Gasteiger partial charge in [-0.05, 0) is 90.2 Å². The van der Waals surface area contributed by atoms with Crippen molar-refractivity contribution in [1.82, 2.24) is 0 Å². The Morgan fingerprint density at radius 1 is 1.12 bits per heavy atom. The van der Waals surface area contributed by atoms with Crippen LogP contribution in [0.3, 0.4) is 0 Å². The highest BCUT2D eigenvalue weighted by molar-refractivity contribution is 5.90. The molecule has 186 valence electrons. The van der Waals surface area contributed by atoms with Crippen LogP contribution in [0.1, 0.15) is 93.4 Å². The summed E-state index contributed by atoms with van der Waals surface area (Å²) >= 11 is 0. The molecule has 4 aliphatic carbocycles. The molecule has 34 heavy (non-hydrogen) atoms. The van der Waals surface area contributed by atoms with Gasteiger partial charge in [-0.15, -0.1) is 0 Å². The van der Waals surface area contributed by atoms with Crippen LogP contribution in [0.2, 0.25) is 0 Å². The molecule has 4 nitrogen and oxygen atoms in total. The Bertz CT molecular complexity index is 1050. The molecule has 5 rings (SSSR count). The van der Waals surface area contributed by atoms with E-state index in [0.717, 1.165) is 32.1 Å². The van der Waals surface area contributed by atoms with Gasteiger partial charge >= 0.3 is 5.97 Å². The summed E-state index contributed by atoms with van der Waals surface area (Å²) < 4.78 is 5.36. The molecule has 7 atom stereocenters. The molecular weight excluding hydrogens is 424 g/mol. The topological polar surface area (TPSA) is 63.6 Å². The van der Waals surface area contributed by atoms with Crippen molar-refractivity contribution in [3.63, 3.8) is 0 Å². The molecule has 1 unspecified atom stereocenters. The summed E-state index contributed by atoms with van der Waals surface area (Å²) in [6.45, 7) is 15.5. The second-order valence-electron chi connectivity index (χ2n) is 13.4. The van der Waals surface area contributed by atoms with Crippen LogP contribution in [0.15, 0.2) is 34.9 Å². The van der Waals surface area contributed by atoms with Crippen LogP contribution in [-0.2, 0) is 14.3 Å². The molecule has 2 fully saturated rings. The minimum absolute atomic E-state index is 0.0235. The van der Waals surface area contributed by atoms with Gasteiger partial charge in [0.15, 0.2) is 0 Å². The number of ether oxygens (including phenoxy) is 1. The Kier molecular flexibility index (Phi) is 5.08. The standard InChI is InChI=1S/C30H42O4/c1-18-16-30(33,34-25(18)32)17-19(2)28(6)14-11-22-20-8-9-23-26(3,4)24(31)12-13-27(23,5)21(20)10-15-29(22,28)7/h8,11,16,19,21,23,33H,9-10,12-15,17H2,1-7H3/t19-,21-,23+,27-,28+,29-,30?/m1/s1. The first-order chi connectivity index (χ1) is 15.7. The van der Waals surface area contributed by atoms with Gasteiger partial charge in [-0.25, -0.2) is 4.79 Å². The van der Waals surface area contributed by atoms with E-state index in [1.165, 1.54) is 11.1 Å². The summed E-state index contributed by atoms with van der Waals surface area (Å²) in [4.78, 5) is 24.7. The predicted octanol–water partition coefficient (Wildman–Crippen LogP) is 6.30. The van der Waals surface area contributed by atoms with E-state index in [2.05, 4.69) is 53.7 Å². The molecule has 4 heteroatoms. The Labute approximate surface area is 204 Å². The molecule has 1 heterocycles. The number of Topliss-reactive ketones (excluding diaryl/α,β-unsaturated/α-hetero) is 1. The number of aliphatic hydroxyl groups is 1. The van der Waals surface area contributed by atoms with Gasteiger partial charge in [-0.1, -0.05) is 53.7 Å². The van der Waals surface area contributed by atoms with E-state index in [4.69, 9.17) is 4.74 Å². The van der Waals surface area contributed by atoms with Crippen LogP contribution in [-0.4, -0.2) is 22.6 Å². The highest BCUT2D eigenvalue weighted by Gasteiger charge is 2.62. The van der Waals surface area contributed by atoms with Crippen LogP contribution in [0, 0.1) is 39.4 Å². The monoisotopic (exact) mass is 466 g/mol. The number of cyclic esters (lactones) is 1. The van der Waals surface area contributed by atoms with Crippen molar-refractivity contribution in [3.8, 4) is 0 Å². The van der Waals surface area contributed by atoms with Crippen molar-refractivity contribution in [2.45, 2.75) is 99.2 Å². The molecule has 0 saturated heterocycles. The van der Waals surface area contributed by atoms with Crippen molar-refractivity contribution in [3.05, 3.63) is 34.9 Å². The quantitative estimate of drug-likeness (QED) is 0.496. The molecule has 1 aliphatic heterocycles. The Morgan fingerprint density at radius 3 is 2.47 bits per heavy atom. The summed E-state index contributed by atoms with van der Waals surface area (Å²) in [6.07, 6.45) is 12.9. The van der Waals surface area contributed by atoms with E-state index in [9.17, 15) is 14.7 Å². The normalized spacial score (nSPS) is 45.9. The van der Waals surface area contributed by atoms with E-state index in [-0.39, 0.29) is 27.6 Å². The van der Waals surface area contributed by atoms with E-state index >= 15 is 0 Å². The summed E-state index contributed by atoms with van der Waals surface area (Å²) in [5.41, 5.74) is 3.45. The number of rotatable bonds is 3. The Balaban J connectivity index is 1.44. The van der Waals surface area contributed by atoms with E-state index < -0.39 is 11.8 Å². The van der Waals surface area contributed by atoms with E-state index in [1.807, 2.05) is 0 Å². The molecule has 0 aromatic heterocycles. The zero-order valence-corrected chi connectivity index (χ0v) is 22.1. The minimum atomic E-state index is -1.50. The Morgan fingerprint density at radius 2 is 1.82 bits per heavy atom. The van der Waals surface area contributed by atoms with Gasteiger partial charge in [-0.3, -0.25) is 4.79 Å². The lowest BCUT2D eigenvalue weighted by molar-refractivity contribution is -0.188. The lowest BCUT2D eigenvalue weighted by Gasteiger charge is -2.60. The fourth-order valence-electron chi connectivity index (χ4n) is 8.94. The Hall–Kier alpha value is -1.68. The first-order valence-corrected chi connectivity index (χ1v) is 13.3. The maximum absolute atomic E-state index is 12.8. The van der Waals surface area contributed by atoms with Gasteiger partial charge in [0.05, 0.1) is 0 Å². The second-order valence-corrected chi connectivity index (χ2v) is 13.4. The number of carbonyl (C=O) groups excluding carboxylic acids is 2. The molecule has 0 aromatic carbocycles. The summed E-state index contributed by atoms with van der Waals surface area (Å²) in [6, 6.07) is 0. The van der Waals surface area contributed by atoms with Crippen molar-refractivity contribution < 1.29 is 19.4 Å². The van der Waals surface area contributed by atoms with Gasteiger partial charge in [-0.2, -0.15) is 0 Å². The lowest BCUT2D eigenvalue weighted by atomic mass is 9.43. The molecule has 0 amide bonds. The third-order valence-electron chi connectivity index (χ3n) is 11.6. The maximum Gasteiger partial charge on any atom is 0.336 e. The van der Waals surface area contributed by atoms with Gasteiger partial charge in [0.25, 0.3) is 0 Å². The molecule has 1 N–H and O–H groups in total. The summed E-state index contributed by atoms with van der Waals surface area (Å²) in [5, 5.41) is 11.0. The number of fused-ring (bicyclic) bond motifs is 5. The average Bonchev–Trinajstić information content (AvgIpc) is 3.17. The van der Waals surface area contributed by atoms with Crippen LogP contribution in [0.4, 0.5) is 0 Å². The van der Waals surface area contributed by atoms with Gasteiger partial charge in [0, 0.05) is 23.8 Å². The van der Waals surface area contributed by atoms with Gasteiger partial charge in [0.2, 0.25) is 5.79 Å². The number of hydrogen-bond acceptors (Lipinski definition) is 4. The first kappa shape index (κ1) is 24.0. The number of hydrogen-bond donors (Lipinski definition) is 1. The fraction of sp³-hybridized carbons (Fsp3) is 0.733. The molecular formula is C30H42O4. The minimum Gasteiger partial charge on any atom is -0.426 e. The molecule has 0 spiro atoms. The summed E-state index contributed by atoms with van der Waals surface area (Å²) in [5.74, 6) is -0.384. The SMILES string of the molecule is CC1=CC(O)(C[C@@H](C)[C@]2(C)CC=C3C4=CC[C@H]5C(C)(C)C(=O)CC[C@]5(C)[C@@H]4CC[C@]32C)OC1=O. The van der Waals surface area contributed by atoms with Crippen molar-refractivity contribution in [2.24, 2.45) is 39.4 Å². The van der Waals surface area contributed by atoms with Crippen LogP contribution in [0.5, 0.6) is 0 Å². The smallest absolute Gasteiger partial charge is 0.336 e. The largest absolute Gasteiger partial charge is 0.426 e. The fourth-order valence-corrected chi connectivity index (χ4v) is 8.94. The van der Waals surface area contributed by atoms with E-state index in [0.29, 0.717) is 36.0 Å². The van der Waals surface area contributed by atoms with E-state index in [1.54, 1.807) is 13.0 Å². The van der Waals surface area contributed by atoms with Gasteiger partial charge < -0.3 is 9.84 Å². The first-order valence-electron chi connectivity index (χ1n) is 13.3. The molecule has 0 aromatic rings. The van der Waals surface area contributed by atoms with Crippen LogP contribution < -0.4 is 0 Å². The average molecular weight is 467 g/mol. The highest BCUT2D eigenvalue weighted by atomic mass is 16.7. The molecule has 0 radical (unpaired) electrons. The highest BCUT2D eigenvalue weighted by Crippen LogP contribution is 2.70. The van der Waals surface area contributed by atoms with Gasteiger partial charge in [0.1, 0.15) is 5.78 Å². The molecule has 0 bridgehead atoms. The number of allylic oxidation sites excluding steroid dienone is 4. The molecule has 2 saturated carbocycles. The van der Waals surface area contributed by atoms with Crippen LogP contribution >= 0.6 is 0 Å². The third kappa shape index (κ3) is 2.99. The second kappa shape index (κ2) is 7.18. The van der Waals surface area contributed by atoms with Crippen molar-refractivity contribution in [1.29, 1.82) is 0 Å². The summed E-state index contributed by atoms with van der Waals surface area (Å²) in [7, 11) is 0. The van der Waals surface area contributed by atoms with Crippen molar-refractivity contribution in [2.75, 3.05) is 0 Å².